The molecule has 1 aromatic heterocycles. The average molecular weight is 372 g/mol. The van der Waals surface area contributed by atoms with Gasteiger partial charge in [-0.2, -0.15) is 4.98 Å². The maximum Gasteiger partial charge on any atom is 0.229 e. The number of benzene rings is 1. The summed E-state index contributed by atoms with van der Waals surface area (Å²) in [5.41, 5.74) is 0.883. The molecule has 1 saturated heterocycles. The Bertz CT molecular complexity index is 704. The van der Waals surface area contributed by atoms with Gasteiger partial charge in [0.05, 0.1) is 0 Å². The lowest BCUT2D eigenvalue weighted by molar-refractivity contribution is 0.0831. The third-order valence-corrected chi connectivity index (χ3v) is 4.21. The quantitative estimate of drug-likeness (QED) is 0.631. The van der Waals surface area contributed by atoms with Crippen LogP contribution in [0.2, 0.25) is 0 Å². The fraction of sp³-hybridized carbons (Fsp3) is 0.474. The van der Waals surface area contributed by atoms with Gasteiger partial charge in [-0.3, -0.25) is 0 Å². The van der Waals surface area contributed by atoms with E-state index in [1.807, 2.05) is 49.3 Å². The third kappa shape index (κ3) is 6.06. The van der Waals surface area contributed by atoms with E-state index in [1.54, 1.807) is 6.20 Å². The summed E-state index contributed by atoms with van der Waals surface area (Å²) in [5.74, 6) is 2.22. The Kier molecular flexibility index (Phi) is 6.80. The van der Waals surface area contributed by atoms with Crippen molar-refractivity contribution in [1.82, 2.24) is 20.2 Å². The second-order valence-corrected chi connectivity index (χ2v) is 6.85. The molecule has 0 spiro atoms. The molecule has 0 amide bonds. The van der Waals surface area contributed by atoms with E-state index in [4.69, 9.17) is 4.74 Å². The number of ether oxygens (including phenoxy) is 1. The van der Waals surface area contributed by atoms with Crippen molar-refractivity contribution in [1.29, 1.82) is 0 Å². The monoisotopic (exact) mass is 372 g/mol. The molecule has 3 N–H and O–H groups in total. The molecule has 27 heavy (non-hydrogen) atoms. The van der Waals surface area contributed by atoms with Crippen LogP contribution < -0.4 is 20.3 Å². The molecule has 0 saturated carbocycles. The first-order chi connectivity index (χ1) is 13.1. The van der Waals surface area contributed by atoms with Gasteiger partial charge in [-0.1, -0.05) is 0 Å². The number of nitrogens with one attached hydrogen (secondary N) is 2. The molecule has 0 bridgehead atoms. The summed E-state index contributed by atoms with van der Waals surface area (Å²) in [5, 5.41) is 16.4. The van der Waals surface area contributed by atoms with Gasteiger partial charge in [0.25, 0.3) is 0 Å². The van der Waals surface area contributed by atoms with Gasteiger partial charge < -0.3 is 30.3 Å². The molecule has 2 heterocycles. The van der Waals surface area contributed by atoms with Crippen molar-refractivity contribution in [3.8, 4) is 5.75 Å². The molecule has 146 valence electrons. The highest BCUT2D eigenvalue weighted by Gasteiger charge is 2.12. The van der Waals surface area contributed by atoms with E-state index in [1.165, 1.54) is 0 Å². The van der Waals surface area contributed by atoms with Crippen LogP contribution >= 0.6 is 0 Å². The Morgan fingerprint density at radius 3 is 2.67 bits per heavy atom. The maximum atomic E-state index is 9.86. The van der Waals surface area contributed by atoms with Crippen LogP contribution in [-0.2, 0) is 0 Å². The molecule has 0 aliphatic carbocycles. The minimum absolute atomic E-state index is 0.265. The highest BCUT2D eigenvalue weighted by atomic mass is 16.5. The predicted molar refractivity (Wildman–Crippen MR) is 107 cm³/mol. The van der Waals surface area contributed by atoms with Crippen molar-refractivity contribution in [2.24, 2.45) is 0 Å². The van der Waals surface area contributed by atoms with Crippen LogP contribution in [0.25, 0.3) is 0 Å². The van der Waals surface area contributed by atoms with Crippen molar-refractivity contribution in [2.45, 2.75) is 6.10 Å². The number of aromatic nitrogens is 2. The van der Waals surface area contributed by atoms with Crippen LogP contribution in [0.3, 0.4) is 0 Å². The largest absolute Gasteiger partial charge is 0.491 e. The number of anilines is 3. The summed E-state index contributed by atoms with van der Waals surface area (Å²) < 4.78 is 5.62. The van der Waals surface area contributed by atoms with Gasteiger partial charge in [-0.15, -0.1) is 0 Å². The Hall–Kier alpha value is -2.42. The number of aliphatic hydroxyl groups is 1. The van der Waals surface area contributed by atoms with Gasteiger partial charge in [0, 0.05) is 44.6 Å². The topological polar surface area (TPSA) is 85.8 Å². The van der Waals surface area contributed by atoms with Crippen molar-refractivity contribution in [3.63, 3.8) is 0 Å². The van der Waals surface area contributed by atoms with E-state index in [2.05, 4.69) is 25.5 Å². The van der Waals surface area contributed by atoms with Crippen molar-refractivity contribution in [3.05, 3.63) is 36.5 Å². The highest BCUT2D eigenvalue weighted by molar-refractivity contribution is 5.56. The molecule has 8 nitrogen and oxygen atoms in total. The van der Waals surface area contributed by atoms with Gasteiger partial charge in [0.1, 0.15) is 24.3 Å². The zero-order valence-electron chi connectivity index (χ0n) is 15.9. The zero-order valence-corrected chi connectivity index (χ0v) is 15.9. The lowest BCUT2D eigenvalue weighted by atomic mass is 10.3. The summed E-state index contributed by atoms with van der Waals surface area (Å²) >= 11 is 0. The maximum absolute atomic E-state index is 9.86. The SMILES string of the molecule is CN(C)CC(O)COc1ccc(Nc2nccc(N3CCNCC3)n2)cc1. The fourth-order valence-electron chi connectivity index (χ4n) is 2.91. The van der Waals surface area contributed by atoms with Gasteiger partial charge in [0.15, 0.2) is 0 Å². The van der Waals surface area contributed by atoms with Crippen LogP contribution in [0.1, 0.15) is 0 Å². The summed E-state index contributed by atoms with van der Waals surface area (Å²) in [4.78, 5) is 13.1. The number of rotatable bonds is 8. The van der Waals surface area contributed by atoms with E-state index in [-0.39, 0.29) is 6.61 Å². The molecule has 1 unspecified atom stereocenters. The first-order valence-corrected chi connectivity index (χ1v) is 9.21. The van der Waals surface area contributed by atoms with E-state index in [0.29, 0.717) is 18.2 Å². The number of piperazine rings is 1. The van der Waals surface area contributed by atoms with Crippen molar-refractivity contribution in [2.75, 3.05) is 63.6 Å². The Balaban J connectivity index is 1.55. The van der Waals surface area contributed by atoms with E-state index >= 15 is 0 Å². The number of hydrogen-bond acceptors (Lipinski definition) is 8. The molecule has 1 aromatic carbocycles. The van der Waals surface area contributed by atoms with E-state index in [9.17, 15) is 5.11 Å². The van der Waals surface area contributed by atoms with Gasteiger partial charge in [-0.05, 0) is 44.4 Å². The average Bonchev–Trinajstić information content (AvgIpc) is 2.68. The summed E-state index contributed by atoms with van der Waals surface area (Å²) in [6, 6.07) is 9.49. The molecule has 3 rings (SSSR count). The zero-order chi connectivity index (χ0) is 19.1. The van der Waals surface area contributed by atoms with Crippen LogP contribution in [0.15, 0.2) is 36.5 Å². The molecule has 1 aliphatic rings. The summed E-state index contributed by atoms with van der Waals surface area (Å²) in [6.45, 7) is 4.67. The van der Waals surface area contributed by atoms with E-state index in [0.717, 1.165) is 37.7 Å². The fourth-order valence-corrected chi connectivity index (χ4v) is 2.91. The van der Waals surface area contributed by atoms with Crippen LogP contribution in [-0.4, -0.2) is 79.5 Å². The van der Waals surface area contributed by atoms with Gasteiger partial charge in [-0.25, -0.2) is 4.98 Å². The summed E-state index contributed by atoms with van der Waals surface area (Å²) in [7, 11) is 3.84. The first-order valence-electron chi connectivity index (χ1n) is 9.21. The van der Waals surface area contributed by atoms with Crippen molar-refractivity contribution >= 4 is 17.5 Å². The lowest BCUT2D eigenvalue weighted by Crippen LogP contribution is -2.43. The van der Waals surface area contributed by atoms with Gasteiger partial charge in [0.2, 0.25) is 5.95 Å². The van der Waals surface area contributed by atoms with Crippen LogP contribution in [0.4, 0.5) is 17.5 Å². The molecule has 1 fully saturated rings. The molecule has 1 atom stereocenters. The highest BCUT2D eigenvalue weighted by Crippen LogP contribution is 2.20. The van der Waals surface area contributed by atoms with Gasteiger partial charge >= 0.3 is 0 Å². The lowest BCUT2D eigenvalue weighted by Gasteiger charge is -2.28. The van der Waals surface area contributed by atoms with E-state index < -0.39 is 6.10 Å². The minimum Gasteiger partial charge on any atom is -0.491 e. The first kappa shape index (κ1) is 19.3. The predicted octanol–water partition coefficient (Wildman–Crippen LogP) is 0.931. The number of likely N-dealkylation sites (N-methyl/N-ethyl adjacent to an activating group) is 1. The number of hydrogen-bond donors (Lipinski definition) is 3. The summed E-state index contributed by atoms with van der Waals surface area (Å²) in [6.07, 6.45) is 1.26. The molecule has 1 aliphatic heterocycles. The Labute approximate surface area is 160 Å². The second kappa shape index (κ2) is 9.50. The van der Waals surface area contributed by atoms with Crippen LogP contribution in [0.5, 0.6) is 5.75 Å². The smallest absolute Gasteiger partial charge is 0.229 e. The molecular formula is C19H28N6O2. The normalized spacial score (nSPS) is 15.6. The van der Waals surface area contributed by atoms with Crippen molar-refractivity contribution < 1.29 is 9.84 Å². The molecule has 0 radical (unpaired) electrons. The standard InChI is InChI=1S/C19H28N6O2/c1-24(2)13-16(26)14-27-17-5-3-15(4-6-17)22-19-21-8-7-18(23-19)25-11-9-20-10-12-25/h3-8,16,20,26H,9-14H2,1-2H3,(H,21,22,23). The minimum atomic E-state index is -0.515. The molecular weight excluding hydrogens is 344 g/mol. The number of aliphatic hydroxyl groups excluding tert-OH is 1. The number of nitrogens with zero attached hydrogens (tertiary/aromatic N) is 4. The molecule has 8 heteroatoms. The molecule has 2 aromatic rings. The third-order valence-electron chi connectivity index (χ3n) is 4.21. The Morgan fingerprint density at radius 2 is 1.96 bits per heavy atom. The second-order valence-electron chi connectivity index (χ2n) is 6.85. The van der Waals surface area contributed by atoms with Crippen LogP contribution in [0, 0.1) is 0 Å². The Morgan fingerprint density at radius 1 is 1.22 bits per heavy atom.